The third-order valence-electron chi connectivity index (χ3n) is 3.45. The van der Waals surface area contributed by atoms with Crippen LogP contribution in [0.3, 0.4) is 0 Å². The van der Waals surface area contributed by atoms with E-state index in [9.17, 15) is 30.3 Å². The predicted molar refractivity (Wildman–Crippen MR) is 82.8 cm³/mol. The van der Waals surface area contributed by atoms with Gasteiger partial charge in [-0.3, -0.25) is 4.79 Å². The van der Waals surface area contributed by atoms with Crippen LogP contribution in [-0.4, -0.2) is 32.6 Å². The molecular weight excluding hydrogens is 320 g/mol. The number of hydrogen-bond donors (Lipinski definition) is 5. The minimum absolute atomic E-state index is 0.0430. The molecule has 8 nitrogen and oxygen atoms in total. The Morgan fingerprint density at radius 2 is 1.54 bits per heavy atom. The number of rotatable bonds is 2. The van der Waals surface area contributed by atoms with Crippen molar-refractivity contribution in [1.82, 2.24) is 0 Å². The molecular formula is C16H12O8. The highest BCUT2D eigenvalue weighted by Crippen LogP contribution is 2.42. The van der Waals surface area contributed by atoms with E-state index in [-0.39, 0.29) is 33.8 Å². The molecule has 0 spiro atoms. The van der Waals surface area contributed by atoms with Crippen LogP contribution in [0.1, 0.15) is 0 Å². The summed E-state index contributed by atoms with van der Waals surface area (Å²) in [6.07, 6.45) is 0. The van der Waals surface area contributed by atoms with E-state index >= 15 is 0 Å². The Morgan fingerprint density at radius 1 is 0.917 bits per heavy atom. The van der Waals surface area contributed by atoms with E-state index in [1.165, 1.54) is 7.11 Å². The molecule has 0 bridgehead atoms. The van der Waals surface area contributed by atoms with Crippen LogP contribution in [0.4, 0.5) is 0 Å². The molecule has 0 aliphatic rings. The lowest BCUT2D eigenvalue weighted by Gasteiger charge is -2.11. The molecule has 0 aliphatic heterocycles. The summed E-state index contributed by atoms with van der Waals surface area (Å²) in [6.45, 7) is 0. The van der Waals surface area contributed by atoms with Gasteiger partial charge in [0, 0.05) is 17.7 Å². The van der Waals surface area contributed by atoms with Crippen LogP contribution in [0.2, 0.25) is 0 Å². The molecule has 0 unspecified atom stereocenters. The summed E-state index contributed by atoms with van der Waals surface area (Å²) in [5.74, 6) is -3.24. The van der Waals surface area contributed by atoms with Gasteiger partial charge in [0.05, 0.1) is 7.11 Å². The van der Waals surface area contributed by atoms with Gasteiger partial charge in [-0.05, 0) is 12.1 Å². The van der Waals surface area contributed by atoms with Crippen molar-refractivity contribution in [3.05, 3.63) is 34.5 Å². The summed E-state index contributed by atoms with van der Waals surface area (Å²) >= 11 is 0. The Kier molecular flexibility index (Phi) is 3.37. The number of methoxy groups -OCH3 is 1. The van der Waals surface area contributed by atoms with E-state index in [0.717, 1.165) is 24.3 Å². The van der Waals surface area contributed by atoms with Crippen molar-refractivity contribution in [3.8, 4) is 45.8 Å². The van der Waals surface area contributed by atoms with Crippen molar-refractivity contribution in [3.63, 3.8) is 0 Å². The zero-order chi connectivity index (χ0) is 17.6. The molecule has 0 fully saturated rings. The molecule has 8 heteroatoms. The Balaban J connectivity index is 2.42. The third kappa shape index (κ3) is 2.21. The summed E-state index contributed by atoms with van der Waals surface area (Å²) in [6, 6.07) is 4.23. The van der Waals surface area contributed by atoms with E-state index in [1.54, 1.807) is 0 Å². The second-order valence-corrected chi connectivity index (χ2v) is 4.99. The minimum Gasteiger partial charge on any atom is -0.508 e. The molecule has 2 aromatic carbocycles. The fourth-order valence-corrected chi connectivity index (χ4v) is 2.38. The Bertz CT molecular complexity index is 996. The summed E-state index contributed by atoms with van der Waals surface area (Å²) < 4.78 is 10.5. The summed E-state index contributed by atoms with van der Waals surface area (Å²) in [4.78, 5) is 12.5. The first-order chi connectivity index (χ1) is 11.3. The van der Waals surface area contributed by atoms with Gasteiger partial charge < -0.3 is 34.7 Å². The molecule has 24 heavy (non-hydrogen) atoms. The zero-order valence-corrected chi connectivity index (χ0v) is 12.3. The van der Waals surface area contributed by atoms with Crippen molar-refractivity contribution in [2.45, 2.75) is 0 Å². The first-order valence-electron chi connectivity index (χ1n) is 6.65. The average Bonchev–Trinajstić information content (AvgIpc) is 2.51. The largest absolute Gasteiger partial charge is 0.508 e. The summed E-state index contributed by atoms with van der Waals surface area (Å²) in [5.41, 5.74) is -0.792. The Hall–Kier alpha value is -3.55. The molecule has 0 radical (unpaired) electrons. The molecule has 1 heterocycles. The van der Waals surface area contributed by atoms with Gasteiger partial charge in [-0.15, -0.1) is 0 Å². The smallest absolute Gasteiger partial charge is 0.239 e. The van der Waals surface area contributed by atoms with Gasteiger partial charge in [0.1, 0.15) is 22.5 Å². The highest BCUT2D eigenvalue weighted by atomic mass is 16.5. The highest BCUT2D eigenvalue weighted by Gasteiger charge is 2.21. The van der Waals surface area contributed by atoms with Gasteiger partial charge >= 0.3 is 0 Å². The zero-order valence-electron chi connectivity index (χ0n) is 12.3. The molecule has 0 amide bonds. The van der Waals surface area contributed by atoms with E-state index in [0.29, 0.717) is 0 Å². The van der Waals surface area contributed by atoms with E-state index in [4.69, 9.17) is 9.15 Å². The number of benzene rings is 2. The van der Waals surface area contributed by atoms with Crippen molar-refractivity contribution < 1.29 is 34.7 Å². The second-order valence-electron chi connectivity index (χ2n) is 4.99. The number of aromatic hydroxyl groups is 5. The van der Waals surface area contributed by atoms with Crippen LogP contribution >= 0.6 is 0 Å². The standard InChI is InChI=1S/C16H12O8/c1-23-16-14(22)12-8(18)4-7(17)5-11(12)24-15(16)6-2-9(19)13(21)10(20)3-6/h2-5,17-21H,1H3. The van der Waals surface area contributed by atoms with Crippen molar-refractivity contribution in [1.29, 1.82) is 0 Å². The summed E-state index contributed by atoms with van der Waals surface area (Å²) in [7, 11) is 1.21. The second kappa shape index (κ2) is 5.27. The number of phenols is 5. The third-order valence-corrected chi connectivity index (χ3v) is 3.45. The molecule has 0 aliphatic carbocycles. The van der Waals surface area contributed by atoms with E-state index in [2.05, 4.69) is 0 Å². The molecule has 0 atom stereocenters. The van der Waals surface area contributed by atoms with Gasteiger partial charge in [-0.1, -0.05) is 0 Å². The van der Waals surface area contributed by atoms with Gasteiger partial charge in [-0.25, -0.2) is 0 Å². The lowest BCUT2D eigenvalue weighted by molar-refractivity contribution is 0.367. The van der Waals surface area contributed by atoms with Crippen molar-refractivity contribution >= 4 is 11.0 Å². The fourth-order valence-electron chi connectivity index (χ4n) is 2.38. The molecule has 5 N–H and O–H groups in total. The van der Waals surface area contributed by atoms with Gasteiger partial charge in [0.15, 0.2) is 23.0 Å². The lowest BCUT2D eigenvalue weighted by Crippen LogP contribution is -2.07. The fraction of sp³-hybridized carbons (Fsp3) is 0.0625. The van der Waals surface area contributed by atoms with Crippen molar-refractivity contribution in [2.75, 3.05) is 7.11 Å². The number of phenolic OH excluding ortho intramolecular Hbond substituents is 5. The van der Waals surface area contributed by atoms with Crippen LogP contribution in [-0.2, 0) is 0 Å². The van der Waals surface area contributed by atoms with Gasteiger partial charge in [0.2, 0.25) is 11.2 Å². The van der Waals surface area contributed by atoms with Crippen LogP contribution in [0.15, 0.2) is 33.5 Å². The van der Waals surface area contributed by atoms with Crippen LogP contribution in [0.5, 0.6) is 34.5 Å². The lowest BCUT2D eigenvalue weighted by atomic mass is 10.1. The molecule has 3 rings (SSSR count). The molecule has 0 saturated carbocycles. The maximum absolute atomic E-state index is 12.5. The van der Waals surface area contributed by atoms with E-state index < -0.39 is 28.4 Å². The Morgan fingerprint density at radius 3 is 2.12 bits per heavy atom. The molecule has 1 aromatic heterocycles. The summed E-state index contributed by atoms with van der Waals surface area (Å²) in [5, 5.41) is 47.9. The van der Waals surface area contributed by atoms with Gasteiger partial charge in [-0.2, -0.15) is 0 Å². The average molecular weight is 332 g/mol. The van der Waals surface area contributed by atoms with Gasteiger partial charge in [0.25, 0.3) is 0 Å². The maximum Gasteiger partial charge on any atom is 0.239 e. The van der Waals surface area contributed by atoms with Crippen LogP contribution < -0.4 is 10.2 Å². The monoisotopic (exact) mass is 332 g/mol. The number of fused-ring (bicyclic) bond motifs is 1. The van der Waals surface area contributed by atoms with Crippen LogP contribution in [0.25, 0.3) is 22.3 Å². The SMILES string of the molecule is COc1c(-c2cc(O)c(O)c(O)c2)oc2cc(O)cc(O)c2c1=O. The number of ether oxygens (including phenoxy) is 1. The quantitative estimate of drug-likeness (QED) is 0.449. The highest BCUT2D eigenvalue weighted by molar-refractivity contribution is 5.88. The maximum atomic E-state index is 12.5. The molecule has 3 aromatic rings. The predicted octanol–water partition coefficient (Wildman–Crippen LogP) is 2.00. The normalized spacial score (nSPS) is 10.9. The first kappa shape index (κ1) is 15.3. The van der Waals surface area contributed by atoms with Crippen molar-refractivity contribution in [2.24, 2.45) is 0 Å². The minimum atomic E-state index is -0.726. The first-order valence-corrected chi connectivity index (χ1v) is 6.65. The van der Waals surface area contributed by atoms with E-state index in [1.807, 2.05) is 0 Å². The molecule has 124 valence electrons. The Labute approximate surface area is 134 Å². The molecule has 0 saturated heterocycles. The number of hydrogen-bond acceptors (Lipinski definition) is 8. The topological polar surface area (TPSA) is 141 Å². The van der Waals surface area contributed by atoms with Crippen LogP contribution in [0, 0.1) is 0 Å².